The summed E-state index contributed by atoms with van der Waals surface area (Å²) >= 11 is 0. The van der Waals surface area contributed by atoms with Crippen LogP contribution in [0.15, 0.2) is 35.3 Å². The standard InChI is InChI=1S/C17H27N3O2/c1-3-18-17(20-16-9-13(16)2)19-10-15(21)12-22-11-14-7-5-4-6-8-14/h4-8,13,15-16,21H,3,9-12H2,1-2H3,(H2,18,19,20). The van der Waals surface area contributed by atoms with E-state index >= 15 is 0 Å². The fourth-order valence-electron chi connectivity index (χ4n) is 2.16. The summed E-state index contributed by atoms with van der Waals surface area (Å²) in [5.74, 6) is 1.49. The van der Waals surface area contributed by atoms with Gasteiger partial charge in [0.15, 0.2) is 5.96 Å². The highest BCUT2D eigenvalue weighted by atomic mass is 16.5. The number of nitrogens with one attached hydrogen (secondary N) is 2. The van der Waals surface area contributed by atoms with Gasteiger partial charge in [-0.25, -0.2) is 0 Å². The minimum atomic E-state index is -0.587. The van der Waals surface area contributed by atoms with E-state index in [9.17, 15) is 5.11 Å². The van der Waals surface area contributed by atoms with Crippen molar-refractivity contribution in [1.82, 2.24) is 10.6 Å². The van der Waals surface area contributed by atoms with Gasteiger partial charge >= 0.3 is 0 Å². The monoisotopic (exact) mass is 305 g/mol. The maximum Gasteiger partial charge on any atom is 0.191 e. The van der Waals surface area contributed by atoms with Gasteiger partial charge in [-0.1, -0.05) is 37.3 Å². The summed E-state index contributed by atoms with van der Waals surface area (Å²) in [6, 6.07) is 10.5. The fraction of sp³-hybridized carbons (Fsp3) is 0.588. The average Bonchev–Trinajstić information content (AvgIpc) is 3.21. The van der Waals surface area contributed by atoms with Crippen LogP contribution in [0.1, 0.15) is 25.8 Å². The molecule has 1 fully saturated rings. The summed E-state index contributed by atoms with van der Waals surface area (Å²) in [7, 11) is 0. The van der Waals surface area contributed by atoms with E-state index in [1.807, 2.05) is 37.3 Å². The molecule has 0 spiro atoms. The highest BCUT2D eigenvalue weighted by molar-refractivity contribution is 5.80. The summed E-state index contributed by atoms with van der Waals surface area (Å²) in [5, 5.41) is 16.5. The van der Waals surface area contributed by atoms with Crippen molar-refractivity contribution < 1.29 is 9.84 Å². The van der Waals surface area contributed by atoms with Crippen LogP contribution in [0.4, 0.5) is 0 Å². The lowest BCUT2D eigenvalue weighted by Gasteiger charge is -2.13. The predicted molar refractivity (Wildman–Crippen MR) is 88.8 cm³/mol. The first kappa shape index (κ1) is 16.8. The first-order chi connectivity index (χ1) is 10.7. The Bertz CT molecular complexity index is 464. The largest absolute Gasteiger partial charge is 0.389 e. The summed E-state index contributed by atoms with van der Waals surface area (Å²) in [6.07, 6.45) is 0.600. The molecule has 3 unspecified atom stereocenters. The van der Waals surface area contributed by atoms with Crippen LogP contribution in [0.25, 0.3) is 0 Å². The van der Waals surface area contributed by atoms with Gasteiger partial charge in [-0.05, 0) is 24.8 Å². The fourth-order valence-corrected chi connectivity index (χ4v) is 2.16. The number of rotatable bonds is 8. The van der Waals surface area contributed by atoms with Gasteiger partial charge in [0.2, 0.25) is 0 Å². The average molecular weight is 305 g/mol. The molecular formula is C17H27N3O2. The summed E-state index contributed by atoms with van der Waals surface area (Å²) in [6.45, 7) is 6.20. The zero-order valence-electron chi connectivity index (χ0n) is 13.5. The van der Waals surface area contributed by atoms with Crippen molar-refractivity contribution in [1.29, 1.82) is 0 Å². The van der Waals surface area contributed by atoms with Crippen LogP contribution >= 0.6 is 0 Å². The second-order valence-electron chi connectivity index (χ2n) is 5.84. The SMILES string of the molecule is CCNC(=NCC(O)COCc1ccccc1)NC1CC1C. The molecule has 2 rings (SSSR count). The number of nitrogens with zero attached hydrogens (tertiary/aromatic N) is 1. The van der Waals surface area contributed by atoms with Crippen molar-refractivity contribution in [2.24, 2.45) is 10.9 Å². The first-order valence-electron chi connectivity index (χ1n) is 8.03. The van der Waals surface area contributed by atoms with Crippen molar-refractivity contribution in [3.8, 4) is 0 Å². The van der Waals surface area contributed by atoms with Gasteiger partial charge in [-0.3, -0.25) is 4.99 Å². The van der Waals surface area contributed by atoms with Crippen molar-refractivity contribution in [3.63, 3.8) is 0 Å². The molecule has 0 radical (unpaired) electrons. The third-order valence-corrected chi connectivity index (χ3v) is 3.66. The Morgan fingerprint density at radius 1 is 1.41 bits per heavy atom. The maximum atomic E-state index is 9.96. The molecule has 0 aromatic heterocycles. The lowest BCUT2D eigenvalue weighted by Crippen LogP contribution is -2.39. The smallest absolute Gasteiger partial charge is 0.191 e. The van der Waals surface area contributed by atoms with E-state index < -0.39 is 6.10 Å². The Kier molecular flexibility index (Phi) is 6.68. The molecule has 0 saturated heterocycles. The second-order valence-corrected chi connectivity index (χ2v) is 5.84. The van der Waals surface area contributed by atoms with Crippen molar-refractivity contribution in [2.45, 2.75) is 39.0 Å². The van der Waals surface area contributed by atoms with Gasteiger partial charge < -0.3 is 20.5 Å². The van der Waals surface area contributed by atoms with E-state index in [1.54, 1.807) is 0 Å². The van der Waals surface area contributed by atoms with E-state index in [4.69, 9.17) is 4.74 Å². The number of hydrogen-bond acceptors (Lipinski definition) is 3. The molecule has 1 aromatic carbocycles. The van der Waals surface area contributed by atoms with Crippen LogP contribution in [0.3, 0.4) is 0 Å². The highest BCUT2D eigenvalue weighted by Gasteiger charge is 2.33. The molecule has 1 saturated carbocycles. The Morgan fingerprint density at radius 3 is 2.77 bits per heavy atom. The minimum absolute atomic E-state index is 0.289. The number of benzene rings is 1. The molecule has 3 atom stereocenters. The van der Waals surface area contributed by atoms with Gasteiger partial charge in [0.05, 0.1) is 25.9 Å². The lowest BCUT2D eigenvalue weighted by molar-refractivity contribution is 0.0331. The van der Waals surface area contributed by atoms with Crippen molar-refractivity contribution in [3.05, 3.63) is 35.9 Å². The van der Waals surface area contributed by atoms with E-state index in [-0.39, 0.29) is 6.61 Å². The molecule has 1 aliphatic rings. The van der Waals surface area contributed by atoms with E-state index in [0.717, 1.165) is 18.1 Å². The maximum absolute atomic E-state index is 9.96. The highest BCUT2D eigenvalue weighted by Crippen LogP contribution is 2.28. The molecule has 0 heterocycles. The first-order valence-corrected chi connectivity index (χ1v) is 8.03. The minimum Gasteiger partial charge on any atom is -0.389 e. The quantitative estimate of drug-likeness (QED) is 0.503. The van der Waals surface area contributed by atoms with E-state index in [0.29, 0.717) is 25.1 Å². The van der Waals surface area contributed by atoms with Crippen LogP contribution in [0.2, 0.25) is 0 Å². The molecule has 22 heavy (non-hydrogen) atoms. The third-order valence-electron chi connectivity index (χ3n) is 3.66. The molecule has 0 amide bonds. The molecule has 1 aliphatic carbocycles. The topological polar surface area (TPSA) is 65.9 Å². The Labute approximate surface area is 132 Å². The molecule has 0 aliphatic heterocycles. The molecule has 3 N–H and O–H groups in total. The second kappa shape index (κ2) is 8.76. The van der Waals surface area contributed by atoms with Gasteiger partial charge in [0.25, 0.3) is 0 Å². The molecule has 122 valence electrons. The Hall–Kier alpha value is -1.59. The van der Waals surface area contributed by atoms with Crippen LogP contribution in [-0.4, -0.2) is 42.9 Å². The van der Waals surface area contributed by atoms with E-state index in [2.05, 4.69) is 22.5 Å². The van der Waals surface area contributed by atoms with Crippen molar-refractivity contribution in [2.75, 3.05) is 19.7 Å². The molecular weight excluding hydrogens is 278 g/mol. The Morgan fingerprint density at radius 2 is 2.14 bits per heavy atom. The molecule has 5 nitrogen and oxygen atoms in total. The zero-order chi connectivity index (χ0) is 15.8. The van der Waals surface area contributed by atoms with Crippen LogP contribution in [0, 0.1) is 5.92 Å². The summed E-state index contributed by atoms with van der Waals surface area (Å²) in [4.78, 5) is 4.42. The number of guanidine groups is 1. The summed E-state index contributed by atoms with van der Waals surface area (Å²) in [5.41, 5.74) is 1.11. The Balaban J connectivity index is 1.67. The van der Waals surface area contributed by atoms with Crippen LogP contribution in [0.5, 0.6) is 0 Å². The number of hydrogen-bond donors (Lipinski definition) is 3. The number of ether oxygens (including phenoxy) is 1. The lowest BCUT2D eigenvalue weighted by atomic mass is 10.2. The zero-order valence-corrected chi connectivity index (χ0v) is 13.5. The van der Waals surface area contributed by atoms with Crippen LogP contribution < -0.4 is 10.6 Å². The summed E-state index contributed by atoms with van der Waals surface area (Å²) < 4.78 is 5.52. The van der Waals surface area contributed by atoms with Crippen LogP contribution in [-0.2, 0) is 11.3 Å². The normalized spacial score (nSPS) is 22.2. The predicted octanol–water partition coefficient (Wildman–Crippen LogP) is 1.53. The van der Waals surface area contributed by atoms with Gasteiger partial charge in [0.1, 0.15) is 0 Å². The number of aliphatic imine (C=N–C) groups is 1. The number of aliphatic hydroxyl groups is 1. The van der Waals surface area contributed by atoms with Crippen molar-refractivity contribution >= 4 is 5.96 Å². The third kappa shape index (κ3) is 6.03. The van der Waals surface area contributed by atoms with Gasteiger partial charge in [-0.15, -0.1) is 0 Å². The molecule has 1 aromatic rings. The molecule has 5 heteroatoms. The number of aliphatic hydroxyl groups excluding tert-OH is 1. The van der Waals surface area contributed by atoms with E-state index in [1.165, 1.54) is 6.42 Å². The van der Waals surface area contributed by atoms with Gasteiger partial charge in [0, 0.05) is 12.6 Å². The van der Waals surface area contributed by atoms with Gasteiger partial charge in [-0.2, -0.15) is 0 Å². The molecule has 0 bridgehead atoms.